The number of hydrogen-bond donors (Lipinski definition) is 2. The minimum atomic E-state index is 0.0543. The van der Waals surface area contributed by atoms with Crippen molar-refractivity contribution in [1.29, 1.82) is 0 Å². The van der Waals surface area contributed by atoms with Crippen LogP contribution < -0.4 is 11.1 Å². The first-order valence-electron chi connectivity index (χ1n) is 4.84. The van der Waals surface area contributed by atoms with E-state index in [0.717, 1.165) is 6.54 Å². The maximum Gasteiger partial charge on any atom is 0.221 e. The van der Waals surface area contributed by atoms with Crippen LogP contribution in [0.1, 0.15) is 34.1 Å². The Kier molecular flexibility index (Phi) is 4.99. The summed E-state index contributed by atoms with van der Waals surface area (Å²) < 4.78 is 0. The number of nitrogens with two attached hydrogens (primary N) is 1. The number of carbonyl (C=O) groups is 1. The summed E-state index contributed by atoms with van der Waals surface area (Å²) >= 11 is 0. The molecule has 0 saturated heterocycles. The van der Waals surface area contributed by atoms with Crippen molar-refractivity contribution in [3.05, 3.63) is 0 Å². The summed E-state index contributed by atoms with van der Waals surface area (Å²) in [5.41, 5.74) is 5.51. The smallest absolute Gasteiger partial charge is 0.221 e. The third kappa shape index (κ3) is 5.64. The molecule has 0 bridgehead atoms. The minimum absolute atomic E-state index is 0.0543. The van der Waals surface area contributed by atoms with Crippen molar-refractivity contribution in [1.82, 2.24) is 5.32 Å². The molecule has 0 aliphatic carbocycles. The summed E-state index contributed by atoms with van der Waals surface area (Å²) in [6.07, 6.45) is 0.427. The van der Waals surface area contributed by atoms with E-state index in [1.54, 1.807) is 0 Å². The van der Waals surface area contributed by atoms with E-state index in [2.05, 4.69) is 33.0 Å². The molecule has 13 heavy (non-hydrogen) atoms. The molecule has 0 aromatic heterocycles. The number of nitrogens with one attached hydrogen (secondary N) is 1. The van der Waals surface area contributed by atoms with Gasteiger partial charge in [0.1, 0.15) is 0 Å². The van der Waals surface area contributed by atoms with Crippen LogP contribution in [0.5, 0.6) is 0 Å². The molecule has 0 aliphatic rings. The predicted molar refractivity (Wildman–Crippen MR) is 55.3 cm³/mol. The van der Waals surface area contributed by atoms with Gasteiger partial charge in [0.05, 0.1) is 0 Å². The first-order valence-corrected chi connectivity index (χ1v) is 4.84. The van der Waals surface area contributed by atoms with Crippen molar-refractivity contribution in [2.75, 3.05) is 13.1 Å². The van der Waals surface area contributed by atoms with Crippen LogP contribution >= 0.6 is 0 Å². The molecule has 0 radical (unpaired) electrons. The third-order valence-corrected chi connectivity index (χ3v) is 2.46. The number of hydrogen-bond acceptors (Lipinski definition) is 2. The van der Waals surface area contributed by atoms with Crippen molar-refractivity contribution >= 4 is 5.91 Å². The summed E-state index contributed by atoms with van der Waals surface area (Å²) in [7, 11) is 0. The number of rotatable bonds is 4. The summed E-state index contributed by atoms with van der Waals surface area (Å²) in [6.45, 7) is 9.83. The highest BCUT2D eigenvalue weighted by molar-refractivity contribution is 5.75. The van der Waals surface area contributed by atoms with Gasteiger partial charge in [0.2, 0.25) is 5.91 Å². The zero-order valence-corrected chi connectivity index (χ0v) is 9.18. The van der Waals surface area contributed by atoms with E-state index < -0.39 is 0 Å². The molecule has 3 N–H and O–H groups in total. The highest BCUT2D eigenvalue weighted by atomic mass is 16.1. The molecule has 0 heterocycles. The molecule has 1 amide bonds. The normalized spacial score (nSPS) is 13.9. The lowest BCUT2D eigenvalue weighted by molar-refractivity contribution is -0.121. The molecule has 78 valence electrons. The van der Waals surface area contributed by atoms with E-state index in [1.165, 1.54) is 0 Å². The molecular weight excluding hydrogens is 164 g/mol. The lowest BCUT2D eigenvalue weighted by atomic mass is 9.82. The molecule has 1 unspecified atom stereocenters. The molecule has 3 nitrogen and oxygen atoms in total. The number of amides is 1. The molecule has 0 aromatic carbocycles. The van der Waals surface area contributed by atoms with Crippen molar-refractivity contribution in [3.8, 4) is 0 Å². The third-order valence-electron chi connectivity index (χ3n) is 2.46. The van der Waals surface area contributed by atoms with Gasteiger partial charge >= 0.3 is 0 Å². The monoisotopic (exact) mass is 186 g/mol. The molecule has 0 rings (SSSR count). The Bertz CT molecular complexity index is 161. The molecule has 0 aliphatic heterocycles. The average molecular weight is 186 g/mol. The van der Waals surface area contributed by atoms with Crippen LogP contribution in [0.3, 0.4) is 0 Å². The van der Waals surface area contributed by atoms with Crippen LogP contribution in [-0.2, 0) is 4.79 Å². The van der Waals surface area contributed by atoms with Gasteiger partial charge in [0.15, 0.2) is 0 Å². The van der Waals surface area contributed by atoms with E-state index in [-0.39, 0.29) is 11.3 Å². The van der Waals surface area contributed by atoms with Crippen LogP contribution in [0.4, 0.5) is 0 Å². The van der Waals surface area contributed by atoms with Crippen LogP contribution in [0.25, 0.3) is 0 Å². The van der Waals surface area contributed by atoms with Crippen LogP contribution in [-0.4, -0.2) is 19.0 Å². The molecule has 0 fully saturated rings. The topological polar surface area (TPSA) is 55.1 Å². The lowest BCUT2D eigenvalue weighted by Gasteiger charge is -2.27. The van der Waals surface area contributed by atoms with Gasteiger partial charge in [-0.2, -0.15) is 0 Å². The van der Waals surface area contributed by atoms with Gasteiger partial charge in [0, 0.05) is 19.5 Å². The second-order valence-electron chi connectivity index (χ2n) is 4.61. The van der Waals surface area contributed by atoms with Crippen LogP contribution in [0.2, 0.25) is 0 Å². The highest BCUT2D eigenvalue weighted by Gasteiger charge is 2.19. The van der Waals surface area contributed by atoms with Gasteiger partial charge in [-0.25, -0.2) is 0 Å². The fraction of sp³-hybridized carbons (Fsp3) is 0.900. The molecule has 0 spiro atoms. The Morgan fingerprint density at radius 3 is 2.38 bits per heavy atom. The Morgan fingerprint density at radius 1 is 1.46 bits per heavy atom. The first-order chi connectivity index (χ1) is 5.88. The van der Waals surface area contributed by atoms with Crippen LogP contribution in [0, 0.1) is 11.3 Å². The first kappa shape index (κ1) is 12.4. The van der Waals surface area contributed by atoms with Gasteiger partial charge in [-0.3, -0.25) is 4.79 Å². The SMILES string of the molecule is CC(CNC(=O)CCN)C(C)(C)C. The summed E-state index contributed by atoms with van der Waals surface area (Å²) in [5, 5.41) is 2.87. The summed E-state index contributed by atoms with van der Waals surface area (Å²) in [4.78, 5) is 11.1. The fourth-order valence-corrected chi connectivity index (χ4v) is 0.793. The molecular formula is C10H22N2O. The lowest BCUT2D eigenvalue weighted by Crippen LogP contribution is -2.34. The van der Waals surface area contributed by atoms with Gasteiger partial charge in [0.25, 0.3) is 0 Å². The number of carbonyl (C=O) groups excluding carboxylic acids is 1. The fourth-order valence-electron chi connectivity index (χ4n) is 0.793. The van der Waals surface area contributed by atoms with E-state index in [0.29, 0.717) is 18.9 Å². The standard InChI is InChI=1S/C10H22N2O/c1-8(10(2,3)4)7-12-9(13)5-6-11/h8H,5-7,11H2,1-4H3,(H,12,13). The zero-order valence-electron chi connectivity index (χ0n) is 9.18. The van der Waals surface area contributed by atoms with E-state index >= 15 is 0 Å². The van der Waals surface area contributed by atoms with Crippen molar-refractivity contribution in [3.63, 3.8) is 0 Å². The molecule has 1 atom stereocenters. The maximum absolute atomic E-state index is 11.1. The van der Waals surface area contributed by atoms with E-state index in [9.17, 15) is 4.79 Å². The van der Waals surface area contributed by atoms with Gasteiger partial charge in [-0.05, 0) is 11.3 Å². The molecule has 0 aromatic rings. The Labute approximate surface area is 81.1 Å². The van der Waals surface area contributed by atoms with E-state index in [4.69, 9.17) is 5.73 Å². The second kappa shape index (κ2) is 5.22. The maximum atomic E-state index is 11.1. The predicted octanol–water partition coefficient (Wildman–Crippen LogP) is 1.13. The zero-order chi connectivity index (χ0) is 10.5. The minimum Gasteiger partial charge on any atom is -0.356 e. The molecule has 0 saturated carbocycles. The average Bonchev–Trinajstić information content (AvgIpc) is 1.99. The van der Waals surface area contributed by atoms with Gasteiger partial charge in [-0.1, -0.05) is 27.7 Å². The van der Waals surface area contributed by atoms with Gasteiger partial charge in [-0.15, -0.1) is 0 Å². The van der Waals surface area contributed by atoms with E-state index in [1.807, 2.05) is 0 Å². The highest BCUT2D eigenvalue weighted by Crippen LogP contribution is 2.24. The summed E-state index contributed by atoms with van der Waals surface area (Å²) in [6, 6.07) is 0. The van der Waals surface area contributed by atoms with Crippen LogP contribution in [0.15, 0.2) is 0 Å². The van der Waals surface area contributed by atoms with Crippen molar-refractivity contribution < 1.29 is 4.79 Å². The Balaban J connectivity index is 3.70. The quantitative estimate of drug-likeness (QED) is 0.691. The van der Waals surface area contributed by atoms with Crippen molar-refractivity contribution in [2.24, 2.45) is 17.1 Å². The summed E-state index contributed by atoms with van der Waals surface area (Å²) in [5.74, 6) is 0.535. The Morgan fingerprint density at radius 2 is 2.00 bits per heavy atom. The largest absolute Gasteiger partial charge is 0.356 e. The van der Waals surface area contributed by atoms with Crippen molar-refractivity contribution in [2.45, 2.75) is 34.1 Å². The Hall–Kier alpha value is -0.570. The van der Waals surface area contributed by atoms with Gasteiger partial charge < -0.3 is 11.1 Å². The second-order valence-corrected chi connectivity index (χ2v) is 4.61. The molecule has 3 heteroatoms.